The molecule has 22 heavy (non-hydrogen) atoms. The summed E-state index contributed by atoms with van der Waals surface area (Å²) in [5.41, 5.74) is 2.77. The zero-order chi connectivity index (χ0) is 16.4. The number of pyridine rings is 1. The van der Waals surface area contributed by atoms with Gasteiger partial charge >= 0.3 is 5.97 Å². The third-order valence-electron chi connectivity index (χ3n) is 3.43. The molecular formula is C17H18ClNO3. The third kappa shape index (κ3) is 3.22. The van der Waals surface area contributed by atoms with E-state index in [0.717, 1.165) is 11.1 Å². The average molecular weight is 320 g/mol. The van der Waals surface area contributed by atoms with E-state index in [0.29, 0.717) is 21.5 Å². The Bertz CT molecular complexity index is 830. The van der Waals surface area contributed by atoms with Crippen LogP contribution in [-0.4, -0.2) is 17.6 Å². The van der Waals surface area contributed by atoms with Crippen molar-refractivity contribution < 1.29 is 9.53 Å². The summed E-state index contributed by atoms with van der Waals surface area (Å²) in [7, 11) is 0. The Morgan fingerprint density at radius 2 is 2.00 bits per heavy atom. The van der Waals surface area contributed by atoms with E-state index < -0.39 is 5.97 Å². The molecule has 0 saturated heterocycles. The van der Waals surface area contributed by atoms with Gasteiger partial charge in [-0.25, -0.2) is 4.79 Å². The van der Waals surface area contributed by atoms with Gasteiger partial charge < -0.3 is 9.72 Å². The summed E-state index contributed by atoms with van der Waals surface area (Å²) in [6.45, 7) is 7.45. The minimum atomic E-state index is -0.521. The minimum absolute atomic E-state index is 0.175. The van der Waals surface area contributed by atoms with Crippen LogP contribution in [0.3, 0.4) is 0 Å². The number of carbonyl (C=O) groups is 1. The van der Waals surface area contributed by atoms with Crippen molar-refractivity contribution >= 4 is 28.5 Å². The van der Waals surface area contributed by atoms with Crippen molar-refractivity contribution in [3.05, 3.63) is 55.8 Å². The third-order valence-corrected chi connectivity index (χ3v) is 3.65. The Balaban J connectivity index is 2.61. The number of aryl methyl sites for hydroxylation is 1. The van der Waals surface area contributed by atoms with Gasteiger partial charge in [0.2, 0.25) is 0 Å². The first-order chi connectivity index (χ1) is 10.3. The predicted molar refractivity (Wildman–Crippen MR) is 88.8 cm³/mol. The Kier molecular flexibility index (Phi) is 4.71. The number of H-pyrrole nitrogens is 1. The van der Waals surface area contributed by atoms with E-state index in [4.69, 9.17) is 16.3 Å². The molecule has 0 fully saturated rings. The fourth-order valence-corrected chi connectivity index (χ4v) is 2.52. The standard InChI is InChI=1S/C17H18ClNO3/c1-9(2)5-6-22-17(21)14-11(4)16(20)19-15-10(3)7-12(18)8-13(14)15/h5,7-8H,6H2,1-4H3,(H,19,20). The van der Waals surface area contributed by atoms with E-state index >= 15 is 0 Å². The molecule has 0 radical (unpaired) electrons. The van der Waals surface area contributed by atoms with Gasteiger partial charge in [-0.1, -0.05) is 17.2 Å². The molecule has 0 aliphatic carbocycles. The molecule has 0 saturated carbocycles. The summed E-state index contributed by atoms with van der Waals surface area (Å²) in [6.07, 6.45) is 1.81. The first-order valence-corrected chi connectivity index (χ1v) is 7.32. The first kappa shape index (κ1) is 16.3. The maximum Gasteiger partial charge on any atom is 0.339 e. The highest BCUT2D eigenvalue weighted by Gasteiger charge is 2.19. The number of benzene rings is 1. The van der Waals surface area contributed by atoms with Crippen LogP contribution in [0.2, 0.25) is 5.02 Å². The molecule has 0 atom stereocenters. The van der Waals surface area contributed by atoms with Gasteiger partial charge in [0, 0.05) is 16.0 Å². The quantitative estimate of drug-likeness (QED) is 0.689. The average Bonchev–Trinajstić information content (AvgIpc) is 2.40. The summed E-state index contributed by atoms with van der Waals surface area (Å²) in [4.78, 5) is 27.2. The van der Waals surface area contributed by atoms with Crippen molar-refractivity contribution in [3.63, 3.8) is 0 Å². The number of halogens is 1. The van der Waals surface area contributed by atoms with Gasteiger partial charge in [0.1, 0.15) is 6.61 Å². The maximum atomic E-state index is 12.4. The minimum Gasteiger partial charge on any atom is -0.458 e. The molecule has 1 heterocycles. The molecule has 2 rings (SSSR count). The number of hydrogen-bond donors (Lipinski definition) is 1. The van der Waals surface area contributed by atoms with Crippen molar-refractivity contribution in [2.24, 2.45) is 0 Å². The molecule has 1 aromatic carbocycles. The normalized spacial score (nSPS) is 10.6. The molecule has 5 heteroatoms. The molecule has 116 valence electrons. The number of aromatic amines is 1. The molecular weight excluding hydrogens is 302 g/mol. The summed E-state index contributed by atoms with van der Waals surface area (Å²) in [6, 6.07) is 3.41. The van der Waals surface area contributed by atoms with Gasteiger partial charge in [-0.15, -0.1) is 0 Å². The number of ether oxygens (including phenoxy) is 1. The van der Waals surface area contributed by atoms with E-state index in [1.54, 1.807) is 25.1 Å². The SMILES string of the molecule is CC(C)=CCOC(=O)c1c(C)c(=O)[nH]c2c(C)cc(Cl)cc12. The molecule has 0 unspecified atom stereocenters. The highest BCUT2D eigenvalue weighted by molar-refractivity contribution is 6.31. The number of carbonyl (C=O) groups excluding carboxylic acids is 1. The number of allylic oxidation sites excluding steroid dienone is 1. The zero-order valence-corrected chi connectivity index (χ0v) is 13.8. The highest BCUT2D eigenvalue weighted by Crippen LogP contribution is 2.26. The summed E-state index contributed by atoms with van der Waals surface area (Å²) < 4.78 is 5.25. The monoisotopic (exact) mass is 319 g/mol. The summed E-state index contributed by atoms with van der Waals surface area (Å²) in [5, 5.41) is 1.11. The van der Waals surface area contributed by atoms with Crippen LogP contribution in [0, 0.1) is 13.8 Å². The van der Waals surface area contributed by atoms with Crippen LogP contribution in [0.5, 0.6) is 0 Å². The lowest BCUT2D eigenvalue weighted by atomic mass is 10.0. The van der Waals surface area contributed by atoms with Gasteiger partial charge in [0.25, 0.3) is 5.56 Å². The van der Waals surface area contributed by atoms with Gasteiger partial charge in [0.05, 0.1) is 11.1 Å². The van der Waals surface area contributed by atoms with Crippen LogP contribution in [0.25, 0.3) is 10.9 Å². The van der Waals surface area contributed by atoms with E-state index in [2.05, 4.69) is 4.98 Å². The Hall–Kier alpha value is -2.07. The van der Waals surface area contributed by atoms with Crippen molar-refractivity contribution in [1.82, 2.24) is 4.98 Å². The molecule has 4 nitrogen and oxygen atoms in total. The number of esters is 1. The Labute approximate surface area is 133 Å². The van der Waals surface area contributed by atoms with Gasteiger partial charge in [-0.05, 0) is 51.5 Å². The lowest BCUT2D eigenvalue weighted by Crippen LogP contribution is -2.18. The molecule has 1 aromatic heterocycles. The second kappa shape index (κ2) is 6.36. The number of nitrogens with one attached hydrogen (secondary N) is 1. The number of hydrogen-bond acceptors (Lipinski definition) is 3. The van der Waals surface area contributed by atoms with Crippen LogP contribution in [0.15, 0.2) is 28.6 Å². The van der Waals surface area contributed by atoms with Crippen molar-refractivity contribution in [1.29, 1.82) is 0 Å². The van der Waals surface area contributed by atoms with E-state index in [9.17, 15) is 9.59 Å². The Morgan fingerprint density at radius 1 is 1.32 bits per heavy atom. The van der Waals surface area contributed by atoms with Crippen molar-refractivity contribution in [3.8, 4) is 0 Å². The van der Waals surface area contributed by atoms with Crippen LogP contribution < -0.4 is 5.56 Å². The molecule has 1 N–H and O–H groups in total. The molecule has 0 aliphatic heterocycles. The van der Waals surface area contributed by atoms with E-state index in [1.165, 1.54) is 0 Å². The molecule has 0 spiro atoms. The zero-order valence-electron chi connectivity index (χ0n) is 13.0. The van der Waals surface area contributed by atoms with Crippen LogP contribution in [0.4, 0.5) is 0 Å². The number of rotatable bonds is 3. The fraction of sp³-hybridized carbons (Fsp3) is 0.294. The van der Waals surface area contributed by atoms with E-state index in [1.807, 2.05) is 20.8 Å². The summed E-state index contributed by atoms with van der Waals surface area (Å²) >= 11 is 6.09. The summed E-state index contributed by atoms with van der Waals surface area (Å²) in [5.74, 6) is -0.521. The van der Waals surface area contributed by atoms with Crippen LogP contribution in [0.1, 0.15) is 35.3 Å². The topological polar surface area (TPSA) is 59.2 Å². The van der Waals surface area contributed by atoms with Gasteiger partial charge in [0.15, 0.2) is 0 Å². The van der Waals surface area contributed by atoms with E-state index in [-0.39, 0.29) is 17.7 Å². The number of fused-ring (bicyclic) bond motifs is 1. The molecule has 0 amide bonds. The fourth-order valence-electron chi connectivity index (χ4n) is 2.25. The smallest absolute Gasteiger partial charge is 0.339 e. The molecule has 2 aromatic rings. The van der Waals surface area contributed by atoms with Crippen LogP contribution >= 0.6 is 11.6 Å². The van der Waals surface area contributed by atoms with Crippen molar-refractivity contribution in [2.45, 2.75) is 27.7 Å². The lowest BCUT2D eigenvalue weighted by molar-refractivity contribution is 0.0550. The predicted octanol–water partition coefficient (Wildman–Crippen LogP) is 3.92. The first-order valence-electron chi connectivity index (χ1n) is 6.94. The van der Waals surface area contributed by atoms with Gasteiger partial charge in [-0.3, -0.25) is 4.79 Å². The molecule has 0 bridgehead atoms. The maximum absolute atomic E-state index is 12.4. The Morgan fingerprint density at radius 3 is 2.64 bits per heavy atom. The highest BCUT2D eigenvalue weighted by atomic mass is 35.5. The second-order valence-corrected chi connectivity index (χ2v) is 5.92. The largest absolute Gasteiger partial charge is 0.458 e. The van der Waals surface area contributed by atoms with Gasteiger partial charge in [-0.2, -0.15) is 0 Å². The van der Waals surface area contributed by atoms with Crippen molar-refractivity contribution in [2.75, 3.05) is 6.61 Å². The molecule has 0 aliphatic rings. The lowest BCUT2D eigenvalue weighted by Gasteiger charge is -2.11. The second-order valence-electron chi connectivity index (χ2n) is 5.48. The number of aromatic nitrogens is 1. The van der Waals surface area contributed by atoms with Crippen LogP contribution in [-0.2, 0) is 4.74 Å².